The van der Waals surface area contributed by atoms with Crippen LogP contribution in [0.25, 0.3) is 5.69 Å². The van der Waals surface area contributed by atoms with Gasteiger partial charge in [0.15, 0.2) is 0 Å². The summed E-state index contributed by atoms with van der Waals surface area (Å²) in [5.41, 5.74) is 0.938. The molecular formula is C16H19FN4O2. The molecule has 23 heavy (non-hydrogen) atoms. The van der Waals surface area contributed by atoms with Gasteiger partial charge in [-0.05, 0) is 38.1 Å². The van der Waals surface area contributed by atoms with Gasteiger partial charge in [0.1, 0.15) is 17.8 Å². The third-order valence-electron chi connectivity index (χ3n) is 3.03. The zero-order chi connectivity index (χ0) is 16.8. The molecule has 0 unspecified atom stereocenters. The van der Waals surface area contributed by atoms with Crippen molar-refractivity contribution in [2.24, 2.45) is 0 Å². The third-order valence-corrected chi connectivity index (χ3v) is 3.03. The van der Waals surface area contributed by atoms with Crippen LogP contribution in [0.2, 0.25) is 0 Å². The van der Waals surface area contributed by atoms with Gasteiger partial charge < -0.3 is 15.2 Å². The quantitative estimate of drug-likeness (QED) is 0.850. The number of amides is 2. The highest BCUT2D eigenvalue weighted by Gasteiger charge is 2.11. The summed E-state index contributed by atoms with van der Waals surface area (Å²) in [5, 5.41) is 5.39. The predicted molar refractivity (Wildman–Crippen MR) is 83.8 cm³/mol. The molecule has 6 nitrogen and oxygen atoms in total. The summed E-state index contributed by atoms with van der Waals surface area (Å²) in [4.78, 5) is 27.5. The number of carbonyl (C=O) groups is 2. The largest absolute Gasteiger partial charge is 0.354 e. The molecule has 0 aliphatic heterocycles. The summed E-state index contributed by atoms with van der Waals surface area (Å²) in [6.07, 6.45) is 3.24. The number of hydrogen-bond acceptors (Lipinski definition) is 3. The van der Waals surface area contributed by atoms with Crippen molar-refractivity contribution in [3.63, 3.8) is 0 Å². The summed E-state index contributed by atoms with van der Waals surface area (Å²) < 4.78 is 14.5. The molecule has 2 aromatic rings. The van der Waals surface area contributed by atoms with Crippen molar-refractivity contribution in [1.29, 1.82) is 0 Å². The number of imidazole rings is 1. The van der Waals surface area contributed by atoms with Crippen molar-refractivity contribution in [2.45, 2.75) is 26.3 Å². The molecule has 0 bridgehead atoms. The summed E-state index contributed by atoms with van der Waals surface area (Å²) >= 11 is 0. The maximum Gasteiger partial charge on any atom is 0.271 e. The molecule has 2 rings (SSSR count). The molecule has 7 heteroatoms. The molecular weight excluding hydrogens is 299 g/mol. The second-order valence-electron chi connectivity index (χ2n) is 5.37. The van der Waals surface area contributed by atoms with Crippen molar-refractivity contribution < 1.29 is 14.0 Å². The number of halogens is 1. The number of aromatic nitrogens is 2. The van der Waals surface area contributed by atoms with Gasteiger partial charge in [-0.15, -0.1) is 0 Å². The maximum atomic E-state index is 12.9. The second kappa shape index (κ2) is 7.53. The predicted octanol–water partition coefficient (Wildman–Crippen LogP) is 1.66. The van der Waals surface area contributed by atoms with Gasteiger partial charge in [-0.25, -0.2) is 9.37 Å². The Morgan fingerprint density at radius 1 is 1.26 bits per heavy atom. The zero-order valence-corrected chi connectivity index (χ0v) is 13.0. The summed E-state index contributed by atoms with van der Waals surface area (Å²) in [5.74, 6) is -0.799. The molecule has 1 heterocycles. The molecule has 1 aromatic heterocycles. The number of rotatable bonds is 6. The highest BCUT2D eigenvalue weighted by Crippen LogP contribution is 2.09. The Balaban J connectivity index is 1.89. The molecule has 0 aliphatic rings. The van der Waals surface area contributed by atoms with E-state index in [0.717, 1.165) is 0 Å². The molecule has 0 fully saturated rings. The summed E-state index contributed by atoms with van der Waals surface area (Å²) in [7, 11) is 0. The Hall–Kier alpha value is -2.70. The van der Waals surface area contributed by atoms with Crippen LogP contribution in [0.4, 0.5) is 4.39 Å². The van der Waals surface area contributed by atoms with E-state index in [1.54, 1.807) is 22.9 Å². The van der Waals surface area contributed by atoms with Crippen LogP contribution in [-0.4, -0.2) is 34.0 Å². The van der Waals surface area contributed by atoms with E-state index in [1.807, 2.05) is 13.8 Å². The standard InChI is InChI=1S/C16H19FN4O2/c1-11(2)20-15(22)7-8-18-16(23)14-9-21(10-19-14)13-5-3-12(17)4-6-13/h3-6,9-11H,7-8H2,1-2H3,(H,18,23)(H,20,22). The molecule has 0 saturated heterocycles. The first-order valence-corrected chi connectivity index (χ1v) is 7.33. The lowest BCUT2D eigenvalue weighted by Gasteiger charge is -2.08. The summed E-state index contributed by atoms with van der Waals surface area (Å²) in [6, 6.07) is 5.93. The van der Waals surface area contributed by atoms with Crippen LogP contribution in [0, 0.1) is 5.82 Å². The summed E-state index contributed by atoms with van der Waals surface area (Å²) in [6.45, 7) is 3.98. The molecule has 122 valence electrons. The minimum absolute atomic E-state index is 0.0737. The monoisotopic (exact) mass is 318 g/mol. The number of carbonyl (C=O) groups excluding carboxylic acids is 2. The minimum Gasteiger partial charge on any atom is -0.354 e. The van der Waals surface area contributed by atoms with Crippen molar-refractivity contribution in [2.75, 3.05) is 6.54 Å². The van der Waals surface area contributed by atoms with Gasteiger partial charge in [-0.2, -0.15) is 0 Å². The van der Waals surface area contributed by atoms with Gasteiger partial charge in [0.25, 0.3) is 5.91 Å². The van der Waals surface area contributed by atoms with Crippen LogP contribution in [0.5, 0.6) is 0 Å². The van der Waals surface area contributed by atoms with Crippen LogP contribution in [0.15, 0.2) is 36.8 Å². The third kappa shape index (κ3) is 4.91. The van der Waals surface area contributed by atoms with E-state index in [1.165, 1.54) is 18.5 Å². The number of nitrogens with one attached hydrogen (secondary N) is 2. The molecule has 0 atom stereocenters. The molecule has 0 radical (unpaired) electrons. The lowest BCUT2D eigenvalue weighted by atomic mass is 10.3. The normalized spacial score (nSPS) is 10.6. The lowest BCUT2D eigenvalue weighted by Crippen LogP contribution is -2.34. The number of benzene rings is 1. The first-order chi connectivity index (χ1) is 11.0. The van der Waals surface area contributed by atoms with Gasteiger partial charge in [0, 0.05) is 30.9 Å². The van der Waals surface area contributed by atoms with Gasteiger partial charge in [-0.1, -0.05) is 0 Å². The Kier molecular flexibility index (Phi) is 5.46. The van der Waals surface area contributed by atoms with Crippen molar-refractivity contribution in [3.05, 3.63) is 48.3 Å². The minimum atomic E-state index is -0.358. The van der Waals surface area contributed by atoms with E-state index >= 15 is 0 Å². The highest BCUT2D eigenvalue weighted by atomic mass is 19.1. The molecule has 1 aromatic carbocycles. The fourth-order valence-electron chi connectivity index (χ4n) is 1.97. The molecule has 0 saturated carbocycles. The van der Waals surface area contributed by atoms with Crippen molar-refractivity contribution in [1.82, 2.24) is 20.2 Å². The highest BCUT2D eigenvalue weighted by molar-refractivity contribution is 5.92. The first kappa shape index (κ1) is 16.7. The molecule has 2 amide bonds. The SMILES string of the molecule is CC(C)NC(=O)CCNC(=O)c1cn(-c2ccc(F)cc2)cn1. The Morgan fingerprint density at radius 2 is 1.96 bits per heavy atom. The Labute approximate surface area is 133 Å². The average Bonchev–Trinajstić information content (AvgIpc) is 2.97. The lowest BCUT2D eigenvalue weighted by molar-refractivity contribution is -0.121. The van der Waals surface area contributed by atoms with Crippen LogP contribution >= 0.6 is 0 Å². The van der Waals surface area contributed by atoms with E-state index < -0.39 is 0 Å². The fourth-order valence-corrected chi connectivity index (χ4v) is 1.97. The van der Waals surface area contributed by atoms with E-state index in [2.05, 4.69) is 15.6 Å². The Morgan fingerprint density at radius 3 is 2.61 bits per heavy atom. The topological polar surface area (TPSA) is 76.0 Å². The number of nitrogens with zero attached hydrogens (tertiary/aromatic N) is 2. The van der Waals surface area contributed by atoms with E-state index in [-0.39, 0.29) is 42.3 Å². The van der Waals surface area contributed by atoms with E-state index in [0.29, 0.717) is 5.69 Å². The van der Waals surface area contributed by atoms with Gasteiger partial charge in [0.05, 0.1) is 0 Å². The van der Waals surface area contributed by atoms with Crippen LogP contribution < -0.4 is 10.6 Å². The van der Waals surface area contributed by atoms with Gasteiger partial charge in [-0.3, -0.25) is 9.59 Å². The average molecular weight is 318 g/mol. The van der Waals surface area contributed by atoms with E-state index in [9.17, 15) is 14.0 Å². The van der Waals surface area contributed by atoms with Gasteiger partial charge >= 0.3 is 0 Å². The zero-order valence-electron chi connectivity index (χ0n) is 13.0. The Bertz CT molecular complexity index is 680. The molecule has 0 spiro atoms. The van der Waals surface area contributed by atoms with Crippen LogP contribution in [0.3, 0.4) is 0 Å². The van der Waals surface area contributed by atoms with Crippen molar-refractivity contribution >= 4 is 11.8 Å². The smallest absolute Gasteiger partial charge is 0.271 e. The van der Waals surface area contributed by atoms with Gasteiger partial charge in [0.2, 0.25) is 5.91 Å². The van der Waals surface area contributed by atoms with E-state index in [4.69, 9.17) is 0 Å². The second-order valence-corrected chi connectivity index (χ2v) is 5.37. The van der Waals surface area contributed by atoms with Crippen LogP contribution in [-0.2, 0) is 4.79 Å². The van der Waals surface area contributed by atoms with Crippen molar-refractivity contribution in [3.8, 4) is 5.69 Å². The fraction of sp³-hybridized carbons (Fsp3) is 0.312. The van der Waals surface area contributed by atoms with Crippen LogP contribution in [0.1, 0.15) is 30.8 Å². The first-order valence-electron chi connectivity index (χ1n) is 7.33. The molecule has 0 aliphatic carbocycles. The number of hydrogen-bond donors (Lipinski definition) is 2. The molecule has 2 N–H and O–H groups in total. The maximum absolute atomic E-state index is 12.9.